The number of rotatable bonds is 1. The standard InChI is InChI=1S/C7H13BrO/c1-6-2-3-7(4-8)9-5-6/h6-7H,2-5H2,1H3. The second kappa shape index (κ2) is 3.57. The van der Waals surface area contributed by atoms with Crippen molar-refractivity contribution in [3.63, 3.8) is 0 Å². The molecule has 1 aliphatic rings. The van der Waals surface area contributed by atoms with E-state index in [9.17, 15) is 0 Å². The van der Waals surface area contributed by atoms with Gasteiger partial charge in [0.25, 0.3) is 0 Å². The molecule has 0 aromatic rings. The summed E-state index contributed by atoms with van der Waals surface area (Å²) < 4.78 is 5.49. The average molecular weight is 193 g/mol. The first-order valence-electron chi connectivity index (χ1n) is 3.50. The minimum absolute atomic E-state index is 0.487. The molecule has 0 spiro atoms. The molecule has 2 heteroatoms. The first-order valence-corrected chi connectivity index (χ1v) is 4.62. The minimum Gasteiger partial charge on any atom is -0.377 e. The van der Waals surface area contributed by atoms with Crippen LogP contribution in [-0.2, 0) is 4.74 Å². The van der Waals surface area contributed by atoms with Crippen LogP contribution in [0.25, 0.3) is 0 Å². The van der Waals surface area contributed by atoms with Gasteiger partial charge in [0.1, 0.15) is 0 Å². The summed E-state index contributed by atoms with van der Waals surface area (Å²) in [6.45, 7) is 3.20. The van der Waals surface area contributed by atoms with Crippen LogP contribution in [0, 0.1) is 5.92 Å². The molecule has 0 N–H and O–H groups in total. The summed E-state index contributed by atoms with van der Waals surface area (Å²) in [7, 11) is 0. The Bertz CT molecular complexity index is 77.0. The van der Waals surface area contributed by atoms with E-state index in [4.69, 9.17) is 4.74 Å². The zero-order chi connectivity index (χ0) is 6.69. The normalized spacial score (nSPS) is 36.7. The van der Waals surface area contributed by atoms with E-state index in [1.165, 1.54) is 12.8 Å². The molecule has 0 saturated carbocycles. The van der Waals surface area contributed by atoms with Gasteiger partial charge in [-0.05, 0) is 18.8 Å². The van der Waals surface area contributed by atoms with Gasteiger partial charge in [0.05, 0.1) is 6.10 Å². The Hall–Kier alpha value is 0.440. The van der Waals surface area contributed by atoms with Crippen molar-refractivity contribution >= 4 is 15.9 Å². The van der Waals surface area contributed by atoms with E-state index in [1.807, 2.05) is 0 Å². The maximum Gasteiger partial charge on any atom is 0.0672 e. The highest BCUT2D eigenvalue weighted by Crippen LogP contribution is 2.18. The lowest BCUT2D eigenvalue weighted by Gasteiger charge is -2.25. The molecule has 2 atom stereocenters. The van der Waals surface area contributed by atoms with Crippen LogP contribution in [0.3, 0.4) is 0 Å². The lowest BCUT2D eigenvalue weighted by atomic mass is 10.0. The van der Waals surface area contributed by atoms with E-state index in [0.29, 0.717) is 6.10 Å². The van der Waals surface area contributed by atoms with Crippen molar-refractivity contribution in [3.8, 4) is 0 Å². The molecule has 1 nitrogen and oxygen atoms in total. The van der Waals surface area contributed by atoms with Crippen molar-refractivity contribution in [3.05, 3.63) is 0 Å². The van der Waals surface area contributed by atoms with Crippen LogP contribution in [0.1, 0.15) is 19.8 Å². The van der Waals surface area contributed by atoms with Crippen molar-refractivity contribution in [2.45, 2.75) is 25.9 Å². The van der Waals surface area contributed by atoms with Gasteiger partial charge in [-0.25, -0.2) is 0 Å². The van der Waals surface area contributed by atoms with E-state index in [-0.39, 0.29) is 0 Å². The molecule has 1 fully saturated rings. The van der Waals surface area contributed by atoms with Gasteiger partial charge in [0.2, 0.25) is 0 Å². The third kappa shape index (κ3) is 2.26. The Balaban J connectivity index is 2.18. The molecule has 1 rings (SSSR count). The summed E-state index contributed by atoms with van der Waals surface area (Å²) in [5, 5.41) is 1.000. The molecule has 54 valence electrons. The van der Waals surface area contributed by atoms with Gasteiger partial charge in [-0.3, -0.25) is 0 Å². The molecule has 0 aromatic heterocycles. The molecule has 0 aromatic carbocycles. The molecule has 9 heavy (non-hydrogen) atoms. The third-order valence-electron chi connectivity index (χ3n) is 1.77. The first kappa shape index (κ1) is 7.55. The summed E-state index contributed by atoms with van der Waals surface area (Å²) in [5.41, 5.74) is 0. The maximum absolute atomic E-state index is 5.49. The van der Waals surface area contributed by atoms with E-state index in [2.05, 4.69) is 22.9 Å². The number of ether oxygens (including phenoxy) is 1. The summed E-state index contributed by atoms with van der Waals surface area (Å²) in [4.78, 5) is 0. The smallest absolute Gasteiger partial charge is 0.0672 e. The summed E-state index contributed by atoms with van der Waals surface area (Å²) in [6, 6.07) is 0. The average Bonchev–Trinajstić information content (AvgIpc) is 1.90. The molecule has 0 radical (unpaired) electrons. The van der Waals surface area contributed by atoms with Crippen LogP contribution >= 0.6 is 15.9 Å². The van der Waals surface area contributed by atoms with Gasteiger partial charge in [-0.15, -0.1) is 0 Å². The van der Waals surface area contributed by atoms with Gasteiger partial charge in [-0.2, -0.15) is 0 Å². The summed E-state index contributed by atoms with van der Waals surface area (Å²) >= 11 is 3.41. The highest BCUT2D eigenvalue weighted by molar-refractivity contribution is 9.09. The van der Waals surface area contributed by atoms with Crippen LogP contribution in [0.5, 0.6) is 0 Å². The van der Waals surface area contributed by atoms with Gasteiger partial charge in [-0.1, -0.05) is 22.9 Å². The number of hydrogen-bond acceptors (Lipinski definition) is 1. The molecular weight excluding hydrogens is 180 g/mol. The summed E-state index contributed by atoms with van der Waals surface area (Å²) in [5.74, 6) is 0.778. The van der Waals surface area contributed by atoms with Crippen LogP contribution in [0.2, 0.25) is 0 Å². The van der Waals surface area contributed by atoms with E-state index in [0.717, 1.165) is 17.9 Å². The van der Waals surface area contributed by atoms with Crippen LogP contribution in [0.15, 0.2) is 0 Å². The predicted molar refractivity (Wildman–Crippen MR) is 41.9 cm³/mol. The topological polar surface area (TPSA) is 9.23 Å². The highest BCUT2D eigenvalue weighted by atomic mass is 79.9. The van der Waals surface area contributed by atoms with Gasteiger partial charge in [0.15, 0.2) is 0 Å². The maximum atomic E-state index is 5.49. The minimum atomic E-state index is 0.487. The molecule has 0 bridgehead atoms. The molecule has 0 aliphatic carbocycles. The quantitative estimate of drug-likeness (QED) is 0.580. The van der Waals surface area contributed by atoms with Gasteiger partial charge < -0.3 is 4.74 Å². The zero-order valence-corrected chi connectivity index (χ0v) is 7.36. The number of hydrogen-bond donors (Lipinski definition) is 0. The SMILES string of the molecule is CC1CCC(CBr)OC1. The molecule has 2 unspecified atom stereocenters. The van der Waals surface area contributed by atoms with Gasteiger partial charge >= 0.3 is 0 Å². The molecule has 1 heterocycles. The molecule has 1 aliphatic heterocycles. The third-order valence-corrected chi connectivity index (χ3v) is 2.49. The predicted octanol–water partition coefficient (Wildman–Crippen LogP) is 2.20. The van der Waals surface area contributed by atoms with Crippen molar-refractivity contribution < 1.29 is 4.74 Å². The Morgan fingerprint density at radius 2 is 2.33 bits per heavy atom. The number of alkyl halides is 1. The Morgan fingerprint density at radius 3 is 2.78 bits per heavy atom. The van der Waals surface area contributed by atoms with E-state index in [1.54, 1.807) is 0 Å². The van der Waals surface area contributed by atoms with Crippen molar-refractivity contribution in [1.82, 2.24) is 0 Å². The molecular formula is C7H13BrO. The molecule has 1 saturated heterocycles. The van der Waals surface area contributed by atoms with Crippen molar-refractivity contribution in [1.29, 1.82) is 0 Å². The monoisotopic (exact) mass is 192 g/mol. The van der Waals surface area contributed by atoms with Crippen molar-refractivity contribution in [2.75, 3.05) is 11.9 Å². The zero-order valence-electron chi connectivity index (χ0n) is 5.77. The van der Waals surface area contributed by atoms with Crippen LogP contribution in [-0.4, -0.2) is 18.0 Å². The second-order valence-electron chi connectivity index (χ2n) is 2.79. The lowest BCUT2D eigenvalue weighted by Crippen LogP contribution is -2.25. The highest BCUT2D eigenvalue weighted by Gasteiger charge is 2.16. The fourth-order valence-electron chi connectivity index (χ4n) is 1.06. The number of halogens is 1. The molecule has 0 amide bonds. The van der Waals surface area contributed by atoms with E-state index >= 15 is 0 Å². The fourth-order valence-corrected chi connectivity index (χ4v) is 1.57. The van der Waals surface area contributed by atoms with Crippen LogP contribution < -0.4 is 0 Å². The largest absolute Gasteiger partial charge is 0.377 e. The van der Waals surface area contributed by atoms with Gasteiger partial charge in [0, 0.05) is 11.9 Å². The fraction of sp³-hybridized carbons (Fsp3) is 1.00. The second-order valence-corrected chi connectivity index (χ2v) is 3.44. The first-order chi connectivity index (χ1) is 4.33. The Labute approximate surface area is 64.9 Å². The van der Waals surface area contributed by atoms with E-state index < -0.39 is 0 Å². The Kier molecular flexibility index (Phi) is 2.99. The van der Waals surface area contributed by atoms with Crippen LogP contribution in [0.4, 0.5) is 0 Å². The lowest BCUT2D eigenvalue weighted by molar-refractivity contribution is 0.00367. The van der Waals surface area contributed by atoms with Crippen molar-refractivity contribution in [2.24, 2.45) is 5.92 Å². The Morgan fingerprint density at radius 1 is 1.56 bits per heavy atom. The summed E-state index contributed by atoms with van der Waals surface area (Å²) in [6.07, 6.45) is 3.05.